The fourth-order valence-electron chi connectivity index (χ4n) is 1.57. The molecule has 0 aliphatic rings. The largest absolute Gasteiger partial charge is 0.480 e. The highest BCUT2D eigenvalue weighted by Gasteiger charge is 2.08. The minimum absolute atomic E-state index is 0.240. The van der Waals surface area contributed by atoms with Gasteiger partial charge in [0, 0.05) is 6.20 Å². The van der Waals surface area contributed by atoms with Crippen molar-refractivity contribution in [3.8, 4) is 11.9 Å². The molecular formula is C12H11ClN4O. The molecule has 0 fully saturated rings. The second-order valence-electron chi connectivity index (χ2n) is 3.65. The number of imidazole rings is 1. The molecule has 0 saturated heterocycles. The first-order chi connectivity index (χ1) is 8.72. The van der Waals surface area contributed by atoms with Crippen molar-refractivity contribution in [3.05, 3.63) is 41.1 Å². The molecule has 2 aromatic rings. The number of pyridine rings is 1. The molecule has 92 valence electrons. The molecular weight excluding hydrogens is 252 g/mol. The molecule has 0 spiro atoms. The predicted molar refractivity (Wildman–Crippen MR) is 66.4 cm³/mol. The Morgan fingerprint density at radius 3 is 2.94 bits per heavy atom. The molecule has 0 N–H and O–H groups in total. The minimum atomic E-state index is 0.240. The monoisotopic (exact) mass is 262 g/mol. The summed E-state index contributed by atoms with van der Waals surface area (Å²) in [6.07, 6.45) is 3.70. The zero-order chi connectivity index (χ0) is 13.0. The third-order valence-corrected chi connectivity index (χ3v) is 2.65. The third kappa shape index (κ3) is 2.79. The molecule has 18 heavy (non-hydrogen) atoms. The third-order valence-electron chi connectivity index (χ3n) is 2.42. The fraction of sp³-hybridized carbons (Fsp3) is 0.250. The predicted octanol–water partition coefficient (Wildman–Crippen LogP) is 2.05. The maximum absolute atomic E-state index is 8.75. The van der Waals surface area contributed by atoms with Crippen molar-refractivity contribution in [1.29, 1.82) is 5.26 Å². The molecule has 2 rings (SSSR count). The lowest BCUT2D eigenvalue weighted by molar-refractivity contribution is 0.399. The van der Waals surface area contributed by atoms with Crippen LogP contribution in [-0.2, 0) is 13.0 Å². The summed E-state index contributed by atoms with van der Waals surface area (Å²) in [5.41, 5.74) is 0.985. The number of halogens is 1. The first-order valence-electron chi connectivity index (χ1n) is 5.30. The quantitative estimate of drug-likeness (QED) is 0.791. The van der Waals surface area contributed by atoms with Crippen LogP contribution in [0.4, 0.5) is 0 Å². The number of methoxy groups -OCH3 is 1. The van der Waals surface area contributed by atoms with Gasteiger partial charge >= 0.3 is 0 Å². The van der Waals surface area contributed by atoms with Gasteiger partial charge in [0.2, 0.25) is 5.88 Å². The van der Waals surface area contributed by atoms with Crippen molar-refractivity contribution in [1.82, 2.24) is 14.5 Å². The highest BCUT2D eigenvalue weighted by Crippen LogP contribution is 2.14. The van der Waals surface area contributed by atoms with E-state index in [0.29, 0.717) is 23.4 Å². The molecule has 0 aromatic carbocycles. The van der Waals surface area contributed by atoms with Crippen LogP contribution in [0, 0.1) is 11.3 Å². The molecule has 2 heterocycles. The van der Waals surface area contributed by atoms with Crippen molar-refractivity contribution in [2.24, 2.45) is 0 Å². The second kappa shape index (κ2) is 5.52. The maximum atomic E-state index is 8.75. The first-order valence-corrected chi connectivity index (χ1v) is 5.68. The van der Waals surface area contributed by atoms with Gasteiger partial charge in [0.1, 0.15) is 11.0 Å². The van der Waals surface area contributed by atoms with Gasteiger partial charge in [-0.25, -0.2) is 4.98 Å². The normalized spacial score (nSPS) is 10.1. The Hall–Kier alpha value is -2.06. The highest BCUT2D eigenvalue weighted by atomic mass is 35.5. The fourth-order valence-corrected chi connectivity index (χ4v) is 1.68. The number of nitrogens with zero attached hydrogens (tertiary/aromatic N) is 4. The van der Waals surface area contributed by atoms with Gasteiger partial charge in [-0.05, 0) is 11.6 Å². The molecule has 5 nitrogen and oxygen atoms in total. The summed E-state index contributed by atoms with van der Waals surface area (Å²) >= 11 is 5.73. The van der Waals surface area contributed by atoms with Gasteiger partial charge in [0.05, 0.1) is 32.3 Å². The summed E-state index contributed by atoms with van der Waals surface area (Å²) in [7, 11) is 1.55. The van der Waals surface area contributed by atoms with E-state index in [2.05, 4.69) is 16.0 Å². The summed E-state index contributed by atoms with van der Waals surface area (Å²) in [5.74, 6) is 1.17. The molecule has 0 bridgehead atoms. The minimum Gasteiger partial charge on any atom is -0.480 e. The molecule has 6 heteroatoms. The van der Waals surface area contributed by atoms with Crippen LogP contribution in [0.1, 0.15) is 11.4 Å². The number of rotatable bonds is 4. The molecule has 0 saturated carbocycles. The SMILES string of the molecule is COc1cn(Cc2ccc(Cl)nc2)c(CC#N)n1. The van der Waals surface area contributed by atoms with E-state index in [1.54, 1.807) is 25.6 Å². The Morgan fingerprint density at radius 2 is 2.33 bits per heavy atom. The zero-order valence-electron chi connectivity index (χ0n) is 9.80. The Kier molecular flexibility index (Phi) is 3.80. The summed E-state index contributed by atoms with van der Waals surface area (Å²) in [6, 6.07) is 5.70. The van der Waals surface area contributed by atoms with E-state index in [-0.39, 0.29) is 6.42 Å². The lowest BCUT2D eigenvalue weighted by Crippen LogP contribution is -2.04. The number of aromatic nitrogens is 3. The summed E-state index contributed by atoms with van der Waals surface area (Å²) < 4.78 is 6.93. The highest BCUT2D eigenvalue weighted by molar-refractivity contribution is 6.29. The van der Waals surface area contributed by atoms with E-state index in [1.165, 1.54) is 0 Å². The molecule has 0 amide bonds. The average Bonchev–Trinajstić information content (AvgIpc) is 2.75. The summed E-state index contributed by atoms with van der Waals surface area (Å²) in [6.45, 7) is 0.581. The van der Waals surface area contributed by atoms with Crippen LogP contribution in [-0.4, -0.2) is 21.6 Å². The Labute approximate surface area is 110 Å². The zero-order valence-corrected chi connectivity index (χ0v) is 10.6. The van der Waals surface area contributed by atoms with E-state index in [0.717, 1.165) is 5.56 Å². The van der Waals surface area contributed by atoms with Crippen LogP contribution in [0.3, 0.4) is 0 Å². The van der Waals surface area contributed by atoms with Gasteiger partial charge in [-0.1, -0.05) is 17.7 Å². The van der Waals surface area contributed by atoms with E-state index in [4.69, 9.17) is 21.6 Å². The van der Waals surface area contributed by atoms with Gasteiger partial charge in [-0.3, -0.25) is 0 Å². The molecule has 2 aromatic heterocycles. The van der Waals surface area contributed by atoms with Crippen LogP contribution in [0.5, 0.6) is 5.88 Å². The van der Waals surface area contributed by atoms with Gasteiger partial charge in [-0.15, -0.1) is 0 Å². The van der Waals surface area contributed by atoms with Crippen LogP contribution in [0.25, 0.3) is 0 Å². The van der Waals surface area contributed by atoms with E-state index in [1.807, 2.05) is 10.6 Å². The number of hydrogen-bond acceptors (Lipinski definition) is 4. The van der Waals surface area contributed by atoms with Crippen molar-refractivity contribution >= 4 is 11.6 Å². The van der Waals surface area contributed by atoms with Crippen LogP contribution < -0.4 is 4.74 Å². The Morgan fingerprint density at radius 1 is 1.50 bits per heavy atom. The van der Waals surface area contributed by atoms with Gasteiger partial charge in [0.25, 0.3) is 0 Å². The lowest BCUT2D eigenvalue weighted by atomic mass is 10.3. The maximum Gasteiger partial charge on any atom is 0.231 e. The smallest absolute Gasteiger partial charge is 0.231 e. The molecule has 0 aliphatic heterocycles. The molecule has 0 aliphatic carbocycles. The van der Waals surface area contributed by atoms with Crippen LogP contribution in [0.15, 0.2) is 24.5 Å². The molecule has 0 unspecified atom stereocenters. The molecule has 0 atom stereocenters. The molecule has 0 radical (unpaired) electrons. The van der Waals surface area contributed by atoms with Crippen molar-refractivity contribution < 1.29 is 4.74 Å². The number of hydrogen-bond donors (Lipinski definition) is 0. The van der Waals surface area contributed by atoms with Crippen molar-refractivity contribution in [2.75, 3.05) is 7.11 Å². The van der Waals surface area contributed by atoms with Gasteiger partial charge < -0.3 is 9.30 Å². The van der Waals surface area contributed by atoms with Crippen LogP contribution in [0.2, 0.25) is 5.15 Å². The number of nitriles is 1. The van der Waals surface area contributed by atoms with Gasteiger partial charge in [0.15, 0.2) is 0 Å². The Balaban J connectivity index is 2.24. The van der Waals surface area contributed by atoms with E-state index in [9.17, 15) is 0 Å². The van der Waals surface area contributed by atoms with Gasteiger partial charge in [-0.2, -0.15) is 10.2 Å². The topological polar surface area (TPSA) is 63.7 Å². The van der Waals surface area contributed by atoms with E-state index >= 15 is 0 Å². The van der Waals surface area contributed by atoms with Crippen LogP contribution >= 0.6 is 11.6 Å². The Bertz CT molecular complexity index is 571. The average molecular weight is 263 g/mol. The first kappa shape index (κ1) is 12.4. The van der Waals surface area contributed by atoms with E-state index < -0.39 is 0 Å². The van der Waals surface area contributed by atoms with Crippen molar-refractivity contribution in [3.63, 3.8) is 0 Å². The second-order valence-corrected chi connectivity index (χ2v) is 4.04. The number of ether oxygens (including phenoxy) is 1. The lowest BCUT2D eigenvalue weighted by Gasteiger charge is -2.04. The van der Waals surface area contributed by atoms with Crippen molar-refractivity contribution in [2.45, 2.75) is 13.0 Å². The summed E-state index contributed by atoms with van der Waals surface area (Å²) in [5, 5.41) is 9.21. The summed E-state index contributed by atoms with van der Waals surface area (Å²) in [4.78, 5) is 8.22. The standard InChI is InChI=1S/C12H11ClN4O/c1-18-12-8-17(11(16-12)4-5-14)7-9-2-3-10(13)15-6-9/h2-3,6,8H,4,7H2,1H3.